The number of carbonyl (C=O) groups is 2. The number of hydrogen-bond acceptors (Lipinski definition) is 6. The van der Waals surface area contributed by atoms with E-state index >= 15 is 0 Å². The minimum atomic E-state index is -4.10. The zero-order valence-electron chi connectivity index (χ0n) is 18.5. The summed E-state index contributed by atoms with van der Waals surface area (Å²) in [7, 11) is -1.27. The number of sulfonamides is 1. The number of ketones is 1. The van der Waals surface area contributed by atoms with Crippen LogP contribution in [0.3, 0.4) is 0 Å². The molecule has 168 valence electrons. The standard InChI is InChI=1S/C22H28N2O6S/c1-13(2)12-23-22(26)17-9-16(8-7-14(17)3)31(27,28)24-19-11-21(30-6)20(29-5)10-18(19)15(4)25/h7-11,13,24H,12H2,1-6H3,(H,23,26). The summed E-state index contributed by atoms with van der Waals surface area (Å²) in [5.41, 5.74) is 1.10. The molecule has 2 aromatic carbocycles. The fourth-order valence-electron chi connectivity index (χ4n) is 2.86. The number of nitrogens with one attached hydrogen (secondary N) is 2. The van der Waals surface area contributed by atoms with Crippen LogP contribution in [0, 0.1) is 12.8 Å². The summed E-state index contributed by atoms with van der Waals surface area (Å²) in [6.45, 7) is 7.46. The average molecular weight is 449 g/mol. The molecule has 0 aromatic heterocycles. The van der Waals surface area contributed by atoms with Gasteiger partial charge in [0.15, 0.2) is 17.3 Å². The second kappa shape index (κ2) is 9.82. The normalized spacial score (nSPS) is 11.2. The van der Waals surface area contributed by atoms with Gasteiger partial charge < -0.3 is 14.8 Å². The van der Waals surface area contributed by atoms with Crippen molar-refractivity contribution in [3.63, 3.8) is 0 Å². The van der Waals surface area contributed by atoms with E-state index in [1.807, 2.05) is 13.8 Å². The molecule has 0 fully saturated rings. The number of benzene rings is 2. The number of hydrogen-bond donors (Lipinski definition) is 2. The predicted octanol–water partition coefficient (Wildman–Crippen LogP) is 3.40. The van der Waals surface area contributed by atoms with Crippen molar-refractivity contribution in [3.8, 4) is 11.5 Å². The SMILES string of the molecule is COc1cc(NS(=O)(=O)c2ccc(C)c(C(=O)NCC(C)C)c2)c(C(C)=O)cc1OC. The molecule has 9 heteroatoms. The van der Waals surface area contributed by atoms with Crippen LogP contribution in [-0.2, 0) is 10.0 Å². The summed E-state index contributed by atoms with van der Waals surface area (Å²) in [6.07, 6.45) is 0. The fourth-order valence-corrected chi connectivity index (χ4v) is 3.96. The lowest BCUT2D eigenvalue weighted by atomic mass is 10.1. The molecule has 0 spiro atoms. The third-order valence-electron chi connectivity index (χ3n) is 4.58. The van der Waals surface area contributed by atoms with E-state index in [0.717, 1.165) is 0 Å². The van der Waals surface area contributed by atoms with Crippen molar-refractivity contribution in [3.05, 3.63) is 47.0 Å². The van der Waals surface area contributed by atoms with E-state index in [1.165, 1.54) is 45.4 Å². The third kappa shape index (κ3) is 5.75. The second-order valence-corrected chi connectivity index (χ2v) is 9.18. The Morgan fingerprint density at radius 2 is 1.61 bits per heavy atom. The van der Waals surface area contributed by atoms with Crippen LogP contribution in [0.4, 0.5) is 5.69 Å². The number of anilines is 1. The van der Waals surface area contributed by atoms with Crippen LogP contribution < -0.4 is 19.5 Å². The molecule has 0 saturated carbocycles. The molecule has 2 rings (SSSR count). The van der Waals surface area contributed by atoms with Gasteiger partial charge in [0.25, 0.3) is 15.9 Å². The van der Waals surface area contributed by atoms with Gasteiger partial charge in [-0.1, -0.05) is 19.9 Å². The largest absolute Gasteiger partial charge is 0.493 e. The molecule has 31 heavy (non-hydrogen) atoms. The van der Waals surface area contributed by atoms with Crippen molar-refractivity contribution < 1.29 is 27.5 Å². The highest BCUT2D eigenvalue weighted by Crippen LogP contribution is 2.34. The van der Waals surface area contributed by atoms with Crippen molar-refractivity contribution in [2.45, 2.75) is 32.6 Å². The molecule has 0 aliphatic carbocycles. The summed E-state index contributed by atoms with van der Waals surface area (Å²) in [6, 6.07) is 7.10. The van der Waals surface area contributed by atoms with Gasteiger partial charge >= 0.3 is 0 Å². The van der Waals surface area contributed by atoms with E-state index in [9.17, 15) is 18.0 Å². The van der Waals surface area contributed by atoms with E-state index < -0.39 is 10.0 Å². The molecule has 2 aromatic rings. The maximum atomic E-state index is 13.1. The van der Waals surface area contributed by atoms with Crippen molar-refractivity contribution in [2.24, 2.45) is 5.92 Å². The van der Waals surface area contributed by atoms with Gasteiger partial charge in [-0.2, -0.15) is 0 Å². The Balaban J connectivity index is 2.46. The van der Waals surface area contributed by atoms with Gasteiger partial charge in [0.1, 0.15) is 0 Å². The highest BCUT2D eigenvalue weighted by Gasteiger charge is 2.22. The molecule has 0 aliphatic rings. The Morgan fingerprint density at radius 3 is 2.16 bits per heavy atom. The first-order valence-electron chi connectivity index (χ1n) is 9.68. The van der Waals surface area contributed by atoms with Crippen molar-refractivity contribution in [2.75, 3.05) is 25.5 Å². The first-order chi connectivity index (χ1) is 14.5. The van der Waals surface area contributed by atoms with Gasteiger partial charge in [-0.25, -0.2) is 8.42 Å². The summed E-state index contributed by atoms with van der Waals surface area (Å²) in [5.74, 6) is 0.126. The maximum Gasteiger partial charge on any atom is 0.261 e. The topological polar surface area (TPSA) is 111 Å². The van der Waals surface area contributed by atoms with Gasteiger partial charge in [-0.05, 0) is 43.5 Å². The molecule has 0 radical (unpaired) electrons. The highest BCUT2D eigenvalue weighted by atomic mass is 32.2. The zero-order chi connectivity index (χ0) is 23.3. The minimum Gasteiger partial charge on any atom is -0.493 e. The molecule has 2 N–H and O–H groups in total. The molecule has 0 atom stereocenters. The van der Waals surface area contributed by atoms with Gasteiger partial charge in [-0.3, -0.25) is 14.3 Å². The quantitative estimate of drug-likeness (QED) is 0.569. The van der Waals surface area contributed by atoms with Crippen LogP contribution in [0.5, 0.6) is 11.5 Å². The number of carbonyl (C=O) groups excluding carboxylic acids is 2. The Bertz CT molecular complexity index is 1090. The smallest absolute Gasteiger partial charge is 0.261 e. The lowest BCUT2D eigenvalue weighted by molar-refractivity contribution is 0.0947. The van der Waals surface area contributed by atoms with Crippen LogP contribution in [0.2, 0.25) is 0 Å². The predicted molar refractivity (Wildman–Crippen MR) is 119 cm³/mol. The molecule has 0 bridgehead atoms. The molecule has 8 nitrogen and oxygen atoms in total. The minimum absolute atomic E-state index is 0.0523. The van der Waals surface area contributed by atoms with Crippen molar-refractivity contribution in [1.82, 2.24) is 5.32 Å². The Labute approximate surface area is 183 Å². The third-order valence-corrected chi connectivity index (χ3v) is 5.95. The highest BCUT2D eigenvalue weighted by molar-refractivity contribution is 7.92. The molecule has 1 amide bonds. The molecule has 0 aliphatic heterocycles. The van der Waals surface area contributed by atoms with Crippen LogP contribution >= 0.6 is 0 Å². The van der Waals surface area contributed by atoms with Gasteiger partial charge in [0.2, 0.25) is 0 Å². The first kappa shape index (κ1) is 24.2. The van der Waals surface area contributed by atoms with Gasteiger partial charge in [0.05, 0.1) is 24.8 Å². The number of rotatable bonds is 9. The van der Waals surface area contributed by atoms with E-state index in [0.29, 0.717) is 17.9 Å². The first-order valence-corrected chi connectivity index (χ1v) is 11.2. The fraction of sp³-hybridized carbons (Fsp3) is 0.364. The maximum absolute atomic E-state index is 13.1. The Hall–Kier alpha value is -3.07. The number of amides is 1. The number of aryl methyl sites for hydroxylation is 1. The Morgan fingerprint density at radius 1 is 1.00 bits per heavy atom. The molecule has 0 heterocycles. The number of ether oxygens (including phenoxy) is 2. The number of Topliss-reactive ketones (excluding diaryl/α,β-unsaturated/α-hetero) is 1. The van der Waals surface area contributed by atoms with Crippen molar-refractivity contribution >= 4 is 27.4 Å². The Kier molecular flexibility index (Phi) is 7.67. The summed E-state index contributed by atoms with van der Waals surface area (Å²) < 4.78 is 39.0. The molecule has 0 saturated heterocycles. The molecular formula is C22H28N2O6S. The average Bonchev–Trinajstić information content (AvgIpc) is 2.71. The van der Waals surface area contributed by atoms with Crippen molar-refractivity contribution in [1.29, 1.82) is 0 Å². The van der Waals surface area contributed by atoms with E-state index in [4.69, 9.17) is 9.47 Å². The zero-order valence-corrected chi connectivity index (χ0v) is 19.3. The van der Waals surface area contributed by atoms with Crippen LogP contribution in [0.25, 0.3) is 0 Å². The summed E-state index contributed by atoms with van der Waals surface area (Å²) >= 11 is 0. The van der Waals surface area contributed by atoms with E-state index in [-0.39, 0.29) is 45.1 Å². The number of methoxy groups -OCH3 is 2. The van der Waals surface area contributed by atoms with Crippen LogP contribution in [-0.4, -0.2) is 40.9 Å². The van der Waals surface area contributed by atoms with E-state index in [1.54, 1.807) is 13.0 Å². The monoisotopic (exact) mass is 448 g/mol. The van der Waals surface area contributed by atoms with E-state index in [2.05, 4.69) is 10.0 Å². The summed E-state index contributed by atoms with van der Waals surface area (Å²) in [4.78, 5) is 24.5. The van der Waals surface area contributed by atoms with Crippen LogP contribution in [0.15, 0.2) is 35.2 Å². The molecular weight excluding hydrogens is 420 g/mol. The lowest BCUT2D eigenvalue weighted by Gasteiger charge is -2.16. The second-order valence-electron chi connectivity index (χ2n) is 7.50. The molecule has 0 unspecified atom stereocenters. The van der Waals surface area contributed by atoms with Crippen LogP contribution in [0.1, 0.15) is 47.1 Å². The summed E-state index contributed by atoms with van der Waals surface area (Å²) in [5, 5.41) is 2.79. The lowest BCUT2D eigenvalue weighted by Crippen LogP contribution is -2.28. The van der Waals surface area contributed by atoms with Gasteiger partial charge in [-0.15, -0.1) is 0 Å². The van der Waals surface area contributed by atoms with Gasteiger partial charge in [0, 0.05) is 23.7 Å².